The quantitative estimate of drug-likeness (QED) is 0.383. The predicted molar refractivity (Wildman–Crippen MR) is 134 cm³/mol. The minimum absolute atomic E-state index is 0.0133. The number of benzene rings is 3. The molecule has 2 fully saturated rings. The standard InChI is InChI=1S/C29H28N2O4/c1-34-26-13-11-24(12-14-26)27(32)15-10-22-8-5-9-25(18-22)28(33)31-17-16-30(29(31)20-35-21-29)19-23-6-3-2-4-7-23/h2-15,18H,16-17,19-21H2,1H3/b15-10+. The molecule has 0 N–H and O–H groups in total. The number of nitrogens with zero attached hydrogens (tertiary/aromatic N) is 2. The van der Waals surface area contributed by atoms with Crippen molar-refractivity contribution >= 4 is 17.8 Å². The van der Waals surface area contributed by atoms with Gasteiger partial charge in [-0.25, -0.2) is 0 Å². The highest BCUT2D eigenvalue weighted by Gasteiger charge is 2.54. The maximum atomic E-state index is 13.6. The third-order valence-corrected chi connectivity index (χ3v) is 6.75. The number of ether oxygens (including phenoxy) is 2. The van der Waals surface area contributed by atoms with Crippen molar-refractivity contribution in [1.82, 2.24) is 9.80 Å². The van der Waals surface area contributed by atoms with Crippen LogP contribution in [0.1, 0.15) is 31.8 Å². The Labute approximate surface area is 205 Å². The molecule has 178 valence electrons. The zero-order chi connectivity index (χ0) is 24.3. The summed E-state index contributed by atoms with van der Waals surface area (Å²) in [6, 6.07) is 24.7. The molecule has 3 aromatic carbocycles. The van der Waals surface area contributed by atoms with E-state index in [1.54, 1.807) is 37.5 Å². The lowest BCUT2D eigenvalue weighted by Gasteiger charge is -2.49. The average Bonchev–Trinajstić information content (AvgIpc) is 3.27. The second-order valence-corrected chi connectivity index (χ2v) is 8.89. The van der Waals surface area contributed by atoms with Crippen molar-refractivity contribution in [3.63, 3.8) is 0 Å². The van der Waals surface area contributed by atoms with Gasteiger partial charge in [-0.1, -0.05) is 48.5 Å². The predicted octanol–water partition coefficient (Wildman–Crippen LogP) is 4.28. The summed E-state index contributed by atoms with van der Waals surface area (Å²) in [4.78, 5) is 30.4. The number of rotatable bonds is 7. The van der Waals surface area contributed by atoms with Crippen LogP contribution >= 0.6 is 0 Å². The first kappa shape index (κ1) is 23.0. The zero-order valence-electron chi connectivity index (χ0n) is 19.7. The van der Waals surface area contributed by atoms with Crippen molar-refractivity contribution in [2.75, 3.05) is 33.4 Å². The molecule has 0 atom stereocenters. The molecule has 5 rings (SSSR count). The molecule has 0 saturated carbocycles. The monoisotopic (exact) mass is 468 g/mol. The Kier molecular flexibility index (Phi) is 6.49. The number of ketones is 1. The van der Waals surface area contributed by atoms with Gasteiger partial charge in [0.25, 0.3) is 5.91 Å². The maximum Gasteiger partial charge on any atom is 0.255 e. The van der Waals surface area contributed by atoms with E-state index in [-0.39, 0.29) is 11.7 Å². The summed E-state index contributed by atoms with van der Waals surface area (Å²) >= 11 is 0. The van der Waals surface area contributed by atoms with Gasteiger partial charge in [0.2, 0.25) is 0 Å². The first-order chi connectivity index (χ1) is 17.1. The number of carbonyl (C=O) groups is 2. The third-order valence-electron chi connectivity index (χ3n) is 6.75. The lowest BCUT2D eigenvalue weighted by atomic mass is 10.0. The van der Waals surface area contributed by atoms with Gasteiger partial charge in [0.15, 0.2) is 5.78 Å². The molecule has 1 amide bonds. The van der Waals surface area contributed by atoms with Crippen LogP contribution in [0.15, 0.2) is 84.9 Å². The molecular formula is C29H28N2O4. The number of allylic oxidation sites excluding steroid dienone is 1. The SMILES string of the molecule is COc1ccc(C(=O)/C=C/c2cccc(C(=O)N3CCN(Cc4ccccc4)C34COC4)c2)cc1. The van der Waals surface area contributed by atoms with E-state index in [9.17, 15) is 9.59 Å². The van der Waals surface area contributed by atoms with Crippen LogP contribution in [-0.4, -0.2) is 60.6 Å². The topological polar surface area (TPSA) is 59.1 Å². The van der Waals surface area contributed by atoms with E-state index < -0.39 is 5.66 Å². The Morgan fingerprint density at radius 3 is 2.40 bits per heavy atom. The van der Waals surface area contributed by atoms with Crippen LogP contribution in [-0.2, 0) is 11.3 Å². The molecule has 3 aromatic rings. The Hall–Kier alpha value is -3.74. The summed E-state index contributed by atoms with van der Waals surface area (Å²) in [6.07, 6.45) is 3.28. The molecule has 2 aliphatic heterocycles. The first-order valence-corrected chi connectivity index (χ1v) is 11.7. The molecule has 0 unspecified atom stereocenters. The van der Waals surface area contributed by atoms with Gasteiger partial charge >= 0.3 is 0 Å². The summed E-state index contributed by atoms with van der Waals surface area (Å²) in [5.41, 5.74) is 2.82. The number of amides is 1. The average molecular weight is 469 g/mol. The second kappa shape index (κ2) is 9.86. The molecule has 0 bridgehead atoms. The fraction of sp³-hybridized carbons (Fsp3) is 0.241. The van der Waals surface area contributed by atoms with E-state index in [0.29, 0.717) is 36.6 Å². The van der Waals surface area contributed by atoms with E-state index >= 15 is 0 Å². The summed E-state index contributed by atoms with van der Waals surface area (Å²) < 4.78 is 10.7. The normalized spacial score (nSPS) is 17.0. The maximum absolute atomic E-state index is 13.6. The summed E-state index contributed by atoms with van der Waals surface area (Å²) in [7, 11) is 1.59. The number of carbonyl (C=O) groups excluding carboxylic acids is 2. The fourth-order valence-electron chi connectivity index (χ4n) is 4.71. The van der Waals surface area contributed by atoms with Gasteiger partial charge in [-0.05, 0) is 53.6 Å². The van der Waals surface area contributed by atoms with Gasteiger partial charge in [0.05, 0.1) is 20.3 Å². The van der Waals surface area contributed by atoms with Crippen LogP contribution in [0.25, 0.3) is 6.08 Å². The van der Waals surface area contributed by atoms with Gasteiger partial charge in [0, 0.05) is 30.8 Å². The summed E-state index contributed by atoms with van der Waals surface area (Å²) in [5.74, 6) is 0.585. The third kappa shape index (κ3) is 4.63. The van der Waals surface area contributed by atoms with Gasteiger partial charge in [0.1, 0.15) is 11.4 Å². The van der Waals surface area contributed by atoms with E-state index in [2.05, 4.69) is 17.0 Å². The van der Waals surface area contributed by atoms with Crippen molar-refractivity contribution in [3.05, 3.63) is 107 Å². The van der Waals surface area contributed by atoms with Gasteiger partial charge in [-0.3, -0.25) is 14.5 Å². The Morgan fingerprint density at radius 2 is 1.71 bits per heavy atom. The van der Waals surface area contributed by atoms with E-state index in [1.807, 2.05) is 47.4 Å². The Balaban J connectivity index is 1.30. The van der Waals surface area contributed by atoms with Crippen LogP contribution in [0.5, 0.6) is 5.75 Å². The van der Waals surface area contributed by atoms with Crippen molar-refractivity contribution in [3.8, 4) is 5.75 Å². The Morgan fingerprint density at radius 1 is 0.943 bits per heavy atom. The molecule has 0 aliphatic carbocycles. The molecular weight excluding hydrogens is 440 g/mol. The lowest BCUT2D eigenvalue weighted by molar-refractivity contribution is -0.176. The summed E-state index contributed by atoms with van der Waals surface area (Å²) in [6.45, 7) is 3.28. The molecule has 6 nitrogen and oxygen atoms in total. The minimum atomic E-state index is -0.400. The minimum Gasteiger partial charge on any atom is -0.497 e. The van der Waals surface area contributed by atoms with Crippen molar-refractivity contribution in [1.29, 1.82) is 0 Å². The molecule has 0 aromatic heterocycles. The van der Waals surface area contributed by atoms with Crippen LogP contribution < -0.4 is 4.74 Å². The smallest absolute Gasteiger partial charge is 0.255 e. The molecule has 2 heterocycles. The molecule has 2 aliphatic rings. The number of hydrogen-bond acceptors (Lipinski definition) is 5. The largest absolute Gasteiger partial charge is 0.497 e. The molecule has 2 saturated heterocycles. The molecule has 0 radical (unpaired) electrons. The van der Waals surface area contributed by atoms with E-state index in [1.165, 1.54) is 11.6 Å². The highest BCUT2D eigenvalue weighted by Crippen LogP contribution is 2.36. The van der Waals surface area contributed by atoms with Crippen LogP contribution in [0.4, 0.5) is 0 Å². The molecule has 6 heteroatoms. The highest BCUT2D eigenvalue weighted by molar-refractivity contribution is 6.07. The second-order valence-electron chi connectivity index (χ2n) is 8.89. The first-order valence-electron chi connectivity index (χ1n) is 11.7. The van der Waals surface area contributed by atoms with Crippen molar-refractivity contribution < 1.29 is 19.1 Å². The Bertz CT molecular complexity index is 1230. The summed E-state index contributed by atoms with van der Waals surface area (Å²) in [5, 5.41) is 0. The molecule has 1 spiro atoms. The number of hydrogen-bond donors (Lipinski definition) is 0. The van der Waals surface area contributed by atoms with Gasteiger partial charge in [-0.2, -0.15) is 0 Å². The van der Waals surface area contributed by atoms with Crippen LogP contribution in [0, 0.1) is 0 Å². The van der Waals surface area contributed by atoms with Crippen LogP contribution in [0.3, 0.4) is 0 Å². The zero-order valence-corrected chi connectivity index (χ0v) is 19.7. The lowest BCUT2D eigenvalue weighted by Crippen LogP contribution is -2.67. The van der Waals surface area contributed by atoms with E-state index in [4.69, 9.17) is 9.47 Å². The van der Waals surface area contributed by atoms with Gasteiger partial charge < -0.3 is 14.4 Å². The molecule has 35 heavy (non-hydrogen) atoms. The highest BCUT2D eigenvalue weighted by atomic mass is 16.5. The van der Waals surface area contributed by atoms with Gasteiger partial charge in [-0.15, -0.1) is 0 Å². The van der Waals surface area contributed by atoms with Crippen molar-refractivity contribution in [2.24, 2.45) is 0 Å². The van der Waals surface area contributed by atoms with Crippen molar-refractivity contribution in [2.45, 2.75) is 12.2 Å². The van der Waals surface area contributed by atoms with Crippen LogP contribution in [0.2, 0.25) is 0 Å². The van der Waals surface area contributed by atoms with E-state index in [0.717, 1.165) is 18.7 Å². The fourth-order valence-corrected chi connectivity index (χ4v) is 4.71. The number of methoxy groups -OCH3 is 1.